The van der Waals surface area contributed by atoms with Crippen molar-refractivity contribution in [2.75, 3.05) is 0 Å². The van der Waals surface area contributed by atoms with Crippen molar-refractivity contribution in [3.05, 3.63) is 72.6 Å². The summed E-state index contributed by atoms with van der Waals surface area (Å²) in [5.41, 5.74) is 3.17. The minimum Gasteiger partial charge on any atom is -0.300 e. The smallest absolute Gasteiger partial charge is 0.276 e. The number of hydrogen-bond donors (Lipinski definition) is 1. The molecule has 8 heteroatoms. The number of thioether (sulfide) groups is 1. The number of para-hydroxylation sites is 1. The van der Waals surface area contributed by atoms with Crippen LogP contribution in [0.2, 0.25) is 0 Å². The standard InChI is InChI=1S/C18H14BrN3O3S/c1-10-7-13(8-11(2)16(10)19)20-18-21-17(23)15(26-18)9-12-5-3-4-6-14(12)22(24)25/h3-9H,1-2H3,(H,20,21,23)/b15-9-. The quantitative estimate of drug-likeness (QED) is 0.426. The molecule has 1 aliphatic rings. The number of nitrogens with zero attached hydrogens (tertiary/aromatic N) is 2. The fourth-order valence-corrected chi connectivity index (χ4v) is 3.56. The van der Waals surface area contributed by atoms with Crippen LogP contribution in [0, 0.1) is 24.0 Å². The van der Waals surface area contributed by atoms with Gasteiger partial charge in [0.15, 0.2) is 5.17 Å². The van der Waals surface area contributed by atoms with Gasteiger partial charge in [-0.25, -0.2) is 4.99 Å². The molecule has 0 bridgehead atoms. The molecule has 0 atom stereocenters. The first-order valence-corrected chi connectivity index (χ1v) is 9.26. The fourth-order valence-electron chi connectivity index (χ4n) is 2.50. The van der Waals surface area contributed by atoms with Gasteiger partial charge in [0.1, 0.15) is 0 Å². The van der Waals surface area contributed by atoms with Crippen LogP contribution in [-0.2, 0) is 4.79 Å². The Labute approximate surface area is 162 Å². The second kappa shape index (κ2) is 7.43. The van der Waals surface area contributed by atoms with E-state index in [1.54, 1.807) is 18.2 Å². The van der Waals surface area contributed by atoms with Crippen molar-refractivity contribution in [3.63, 3.8) is 0 Å². The van der Waals surface area contributed by atoms with Gasteiger partial charge in [0, 0.05) is 10.5 Å². The third kappa shape index (κ3) is 3.86. The lowest BCUT2D eigenvalue weighted by Gasteiger charge is -2.04. The molecule has 0 aliphatic carbocycles. The van der Waals surface area contributed by atoms with Crippen molar-refractivity contribution in [2.45, 2.75) is 13.8 Å². The first-order valence-electron chi connectivity index (χ1n) is 7.65. The molecule has 6 nitrogen and oxygen atoms in total. The molecule has 1 fully saturated rings. The van der Waals surface area contributed by atoms with E-state index in [4.69, 9.17) is 0 Å². The predicted octanol–water partition coefficient (Wildman–Crippen LogP) is 4.87. The van der Waals surface area contributed by atoms with E-state index in [0.29, 0.717) is 15.6 Å². The van der Waals surface area contributed by atoms with Crippen LogP contribution in [0.5, 0.6) is 0 Å². The van der Waals surface area contributed by atoms with Gasteiger partial charge in [-0.3, -0.25) is 14.9 Å². The van der Waals surface area contributed by atoms with Gasteiger partial charge in [0.2, 0.25) is 0 Å². The van der Waals surface area contributed by atoms with E-state index >= 15 is 0 Å². The molecule has 2 aromatic rings. The summed E-state index contributed by atoms with van der Waals surface area (Å²) < 4.78 is 1.03. The van der Waals surface area contributed by atoms with Gasteiger partial charge < -0.3 is 5.32 Å². The average molecular weight is 432 g/mol. The Morgan fingerprint density at radius 2 is 1.88 bits per heavy atom. The highest BCUT2D eigenvalue weighted by Gasteiger charge is 2.25. The number of hydrogen-bond acceptors (Lipinski definition) is 5. The SMILES string of the molecule is Cc1cc(N=C2NC(=O)/C(=C/c3ccccc3[N+](=O)[O-])S2)cc(C)c1Br. The molecule has 0 radical (unpaired) electrons. The second-order valence-corrected chi connectivity index (χ2v) is 7.51. The van der Waals surface area contributed by atoms with E-state index in [1.807, 2.05) is 26.0 Å². The molecule has 2 aromatic carbocycles. The number of nitrogens with one attached hydrogen (secondary N) is 1. The molecule has 1 saturated heterocycles. The van der Waals surface area contributed by atoms with Crippen molar-refractivity contribution in [1.82, 2.24) is 5.32 Å². The van der Waals surface area contributed by atoms with Gasteiger partial charge in [-0.1, -0.05) is 28.1 Å². The summed E-state index contributed by atoms with van der Waals surface area (Å²) in [5, 5.41) is 14.3. The van der Waals surface area contributed by atoms with Gasteiger partial charge in [-0.2, -0.15) is 0 Å². The first kappa shape index (κ1) is 18.3. The van der Waals surface area contributed by atoms with Crippen molar-refractivity contribution in [2.24, 2.45) is 4.99 Å². The monoisotopic (exact) mass is 431 g/mol. The van der Waals surface area contributed by atoms with E-state index in [-0.39, 0.29) is 11.6 Å². The Bertz CT molecular complexity index is 962. The van der Waals surface area contributed by atoms with E-state index in [9.17, 15) is 14.9 Å². The molecule has 0 spiro atoms. The van der Waals surface area contributed by atoms with E-state index in [2.05, 4.69) is 26.2 Å². The molecular formula is C18H14BrN3O3S. The lowest BCUT2D eigenvalue weighted by Crippen LogP contribution is -2.19. The average Bonchev–Trinajstić information content (AvgIpc) is 2.92. The Balaban J connectivity index is 1.91. The minimum absolute atomic E-state index is 0.0436. The van der Waals surface area contributed by atoms with Crippen LogP contribution in [-0.4, -0.2) is 16.0 Å². The number of nitro groups is 1. The highest BCUT2D eigenvalue weighted by Crippen LogP contribution is 2.32. The third-order valence-corrected chi connectivity index (χ3v) is 5.88. The number of carbonyl (C=O) groups is 1. The third-order valence-electron chi connectivity index (χ3n) is 3.72. The van der Waals surface area contributed by atoms with Crippen molar-refractivity contribution in [3.8, 4) is 0 Å². The largest absolute Gasteiger partial charge is 0.300 e. The lowest BCUT2D eigenvalue weighted by atomic mass is 10.1. The second-order valence-electron chi connectivity index (χ2n) is 5.69. The highest BCUT2D eigenvalue weighted by molar-refractivity contribution is 9.10. The van der Waals surface area contributed by atoms with Gasteiger partial charge in [-0.15, -0.1) is 0 Å². The van der Waals surface area contributed by atoms with Crippen molar-refractivity contribution < 1.29 is 9.72 Å². The molecule has 1 N–H and O–H groups in total. The molecule has 0 unspecified atom stereocenters. The van der Waals surface area contributed by atoms with Gasteiger partial charge in [0.25, 0.3) is 11.6 Å². The maximum Gasteiger partial charge on any atom is 0.276 e. The van der Waals surface area contributed by atoms with Crippen LogP contribution in [0.25, 0.3) is 6.08 Å². The summed E-state index contributed by atoms with van der Waals surface area (Å²) in [4.78, 5) is 27.7. The summed E-state index contributed by atoms with van der Waals surface area (Å²) in [7, 11) is 0. The number of benzene rings is 2. The minimum atomic E-state index is -0.466. The molecule has 26 heavy (non-hydrogen) atoms. The number of rotatable bonds is 3. The van der Waals surface area contributed by atoms with E-state index < -0.39 is 4.92 Å². The molecule has 3 rings (SSSR count). The van der Waals surface area contributed by atoms with Crippen LogP contribution < -0.4 is 5.32 Å². The molecule has 0 aromatic heterocycles. The number of amides is 1. The predicted molar refractivity (Wildman–Crippen MR) is 108 cm³/mol. The first-order chi connectivity index (χ1) is 12.3. The number of carbonyl (C=O) groups excluding carboxylic acids is 1. The molecule has 1 heterocycles. The molecular weight excluding hydrogens is 418 g/mol. The van der Waals surface area contributed by atoms with Crippen LogP contribution in [0.3, 0.4) is 0 Å². The Kier molecular flexibility index (Phi) is 5.24. The fraction of sp³-hybridized carbons (Fsp3) is 0.111. The van der Waals surface area contributed by atoms with Crippen molar-refractivity contribution in [1.29, 1.82) is 0 Å². The van der Waals surface area contributed by atoms with Crippen molar-refractivity contribution >= 4 is 56.2 Å². The highest BCUT2D eigenvalue weighted by atomic mass is 79.9. The zero-order valence-electron chi connectivity index (χ0n) is 13.9. The number of aliphatic imine (C=N–C) groups is 1. The van der Waals surface area contributed by atoms with Crippen LogP contribution in [0.1, 0.15) is 16.7 Å². The van der Waals surface area contributed by atoms with Gasteiger partial charge in [-0.05, 0) is 61.0 Å². The normalized spacial score (nSPS) is 17.0. The van der Waals surface area contributed by atoms with Gasteiger partial charge in [0.05, 0.1) is 21.1 Å². The van der Waals surface area contributed by atoms with Crippen LogP contribution in [0.4, 0.5) is 11.4 Å². The topological polar surface area (TPSA) is 84.6 Å². The van der Waals surface area contributed by atoms with Gasteiger partial charge >= 0.3 is 0 Å². The summed E-state index contributed by atoms with van der Waals surface area (Å²) in [6, 6.07) is 10.1. The van der Waals surface area contributed by atoms with E-state index in [0.717, 1.165) is 33.0 Å². The number of halogens is 1. The number of amidine groups is 1. The maximum absolute atomic E-state index is 12.2. The Morgan fingerprint density at radius 1 is 1.23 bits per heavy atom. The molecule has 132 valence electrons. The zero-order chi connectivity index (χ0) is 18.8. The Morgan fingerprint density at radius 3 is 2.54 bits per heavy atom. The zero-order valence-corrected chi connectivity index (χ0v) is 16.3. The molecule has 1 aliphatic heterocycles. The van der Waals surface area contributed by atoms with Crippen LogP contribution in [0.15, 0.2) is 50.8 Å². The molecule has 0 saturated carbocycles. The summed E-state index contributed by atoms with van der Waals surface area (Å²) >= 11 is 4.67. The summed E-state index contributed by atoms with van der Waals surface area (Å²) in [5.74, 6) is -0.322. The maximum atomic E-state index is 12.2. The Hall–Kier alpha value is -2.45. The number of aryl methyl sites for hydroxylation is 2. The summed E-state index contributed by atoms with van der Waals surface area (Å²) in [6.07, 6.45) is 1.51. The van der Waals surface area contributed by atoms with Crippen LogP contribution >= 0.6 is 27.7 Å². The lowest BCUT2D eigenvalue weighted by molar-refractivity contribution is -0.385. The summed E-state index contributed by atoms with van der Waals surface area (Å²) in [6.45, 7) is 3.95. The number of nitro benzene ring substituents is 1. The van der Waals surface area contributed by atoms with E-state index in [1.165, 1.54) is 12.1 Å². The molecule has 1 amide bonds.